The van der Waals surface area contributed by atoms with Gasteiger partial charge in [0.25, 0.3) is 5.91 Å². The summed E-state index contributed by atoms with van der Waals surface area (Å²) in [5, 5.41) is 0. The van der Waals surface area contributed by atoms with E-state index in [0.29, 0.717) is 41.9 Å². The molecule has 24 heteroatoms. The average Bonchev–Trinajstić information content (AvgIpc) is 3.02. The van der Waals surface area contributed by atoms with E-state index in [9.17, 15) is 31.1 Å². The number of carbonyl (C=O) groups excluding carboxylic acids is 1. The molecule has 0 saturated heterocycles. The van der Waals surface area contributed by atoms with Gasteiger partial charge in [0.05, 0.1) is 0 Å². The fourth-order valence-electron chi connectivity index (χ4n) is 6.57. The summed E-state index contributed by atoms with van der Waals surface area (Å²) in [5.74, 6) is -8.06. The number of ether oxygens (including phenoxy) is 1. The van der Waals surface area contributed by atoms with Gasteiger partial charge in [-0.2, -0.15) is 17.6 Å². The van der Waals surface area contributed by atoms with Gasteiger partial charge in [-0.3, -0.25) is 4.79 Å². The van der Waals surface area contributed by atoms with Crippen molar-refractivity contribution in [2.75, 3.05) is 55.7 Å². The van der Waals surface area contributed by atoms with Crippen molar-refractivity contribution in [3.63, 3.8) is 0 Å². The Morgan fingerprint density at radius 1 is 0.481 bits per heavy atom. The fourth-order valence-corrected chi connectivity index (χ4v) is 28.4. The lowest BCUT2D eigenvalue weighted by Gasteiger charge is -2.37. The van der Waals surface area contributed by atoms with E-state index in [4.69, 9.17) is 34.8 Å². The third-order valence-electron chi connectivity index (χ3n) is 9.09. The van der Waals surface area contributed by atoms with Crippen molar-refractivity contribution in [3.05, 3.63) is 0 Å². The van der Waals surface area contributed by atoms with E-state index in [1.807, 2.05) is 52.4 Å². The molecular weight excluding hydrogens is 836 g/mol. The van der Waals surface area contributed by atoms with E-state index in [1.54, 1.807) is 0 Å². The van der Waals surface area contributed by atoms with Gasteiger partial charge in [-0.25, -0.2) is 4.74 Å². The second-order valence-corrected chi connectivity index (χ2v) is 39.6. The maximum absolute atomic E-state index is 15.2. The summed E-state index contributed by atoms with van der Waals surface area (Å²) in [6, 6.07) is 3.33. The lowest BCUT2D eigenvalue weighted by Crippen LogP contribution is -2.59. The summed E-state index contributed by atoms with van der Waals surface area (Å²) < 4.78 is 145. The minimum absolute atomic E-state index is 0.0783. The van der Waals surface area contributed by atoms with Crippen molar-refractivity contribution in [3.8, 4) is 0 Å². The van der Waals surface area contributed by atoms with Crippen molar-refractivity contribution in [1.82, 2.24) is 4.90 Å². The van der Waals surface area contributed by atoms with Crippen molar-refractivity contribution in [2.45, 2.75) is 133 Å². The molecule has 0 rings (SSSR count). The van der Waals surface area contributed by atoms with Crippen LogP contribution < -0.4 is 0 Å². The van der Waals surface area contributed by atoms with Crippen LogP contribution >= 0.6 is 0 Å². The SMILES string of the molecule is CO[Si](CCC[Si](C)(C)O[Si](C)(C)CCCN(CCC[Si](C)(C)O[Si](C)(C)CCC[Si](OC)(OC)OC)C(=O)C(F)(OC(F)(F)F)C(F)(F)F)(OC)OC. The van der Waals surface area contributed by atoms with Crippen molar-refractivity contribution >= 4 is 56.8 Å². The van der Waals surface area contributed by atoms with E-state index in [-0.39, 0.29) is 12.8 Å². The molecule has 11 nitrogen and oxygen atoms in total. The molecule has 324 valence electrons. The van der Waals surface area contributed by atoms with Crippen LogP contribution in [0, 0.1) is 0 Å². The van der Waals surface area contributed by atoms with Gasteiger partial charge < -0.3 is 39.7 Å². The molecule has 0 aliphatic heterocycles. The van der Waals surface area contributed by atoms with Gasteiger partial charge in [-0.1, -0.05) is 0 Å². The maximum Gasteiger partial charge on any atom is 0.525 e. The van der Waals surface area contributed by atoms with Crippen molar-refractivity contribution in [1.29, 1.82) is 0 Å². The molecule has 0 aromatic rings. The zero-order valence-electron chi connectivity index (χ0n) is 34.7. The molecule has 0 bridgehead atoms. The first kappa shape index (κ1) is 53.9. The summed E-state index contributed by atoms with van der Waals surface area (Å²) in [6.07, 6.45) is -10.8. The van der Waals surface area contributed by atoms with Crippen molar-refractivity contribution in [2.24, 2.45) is 0 Å². The molecule has 1 atom stereocenters. The number of halogens is 7. The monoisotopic (exact) mass is 901 g/mol. The Morgan fingerprint density at radius 2 is 0.759 bits per heavy atom. The van der Waals surface area contributed by atoms with Crippen LogP contribution in [0.1, 0.15) is 25.7 Å². The van der Waals surface area contributed by atoms with E-state index in [2.05, 4.69) is 4.74 Å². The molecular formula is C30H66F7NO10Si6. The molecule has 0 aromatic carbocycles. The largest absolute Gasteiger partial charge is 0.525 e. The van der Waals surface area contributed by atoms with E-state index in [1.165, 1.54) is 42.7 Å². The zero-order valence-corrected chi connectivity index (χ0v) is 40.7. The Bertz CT molecular complexity index is 1040. The highest BCUT2D eigenvalue weighted by Crippen LogP contribution is 2.41. The molecule has 0 aliphatic carbocycles. The van der Waals surface area contributed by atoms with Crippen LogP contribution in [0.3, 0.4) is 0 Å². The first-order valence-electron chi connectivity index (χ1n) is 17.9. The van der Waals surface area contributed by atoms with Gasteiger partial charge in [-0.15, -0.1) is 13.2 Å². The number of carbonyl (C=O) groups is 1. The van der Waals surface area contributed by atoms with Crippen LogP contribution in [0.25, 0.3) is 0 Å². The lowest BCUT2D eigenvalue weighted by molar-refractivity contribution is -0.434. The Morgan fingerprint density at radius 3 is 1.00 bits per heavy atom. The summed E-state index contributed by atoms with van der Waals surface area (Å²) in [4.78, 5) is 13.6. The van der Waals surface area contributed by atoms with E-state index in [0.717, 1.165) is 12.1 Å². The molecule has 0 saturated carbocycles. The molecule has 0 fully saturated rings. The minimum atomic E-state index is -6.29. The summed E-state index contributed by atoms with van der Waals surface area (Å²) in [6.45, 7) is 15.0. The van der Waals surface area contributed by atoms with Gasteiger partial charge in [-0.05, 0) is 102 Å². The zero-order chi connectivity index (χ0) is 42.5. The number of hydrogen-bond donors (Lipinski definition) is 0. The average molecular weight is 902 g/mol. The Labute approximate surface area is 324 Å². The second-order valence-electron chi connectivity index (χ2n) is 15.7. The van der Waals surface area contributed by atoms with Gasteiger partial charge in [0.1, 0.15) is 0 Å². The minimum Gasteiger partial charge on any atom is -0.455 e. The van der Waals surface area contributed by atoms with Crippen LogP contribution in [-0.4, -0.2) is 136 Å². The molecule has 1 unspecified atom stereocenters. The predicted octanol–water partition coefficient (Wildman–Crippen LogP) is 8.75. The van der Waals surface area contributed by atoms with Crippen molar-refractivity contribution < 1.29 is 75.1 Å². The molecule has 0 aromatic heterocycles. The molecule has 0 spiro atoms. The predicted molar refractivity (Wildman–Crippen MR) is 207 cm³/mol. The number of nitrogens with zero attached hydrogens (tertiary/aromatic N) is 1. The smallest absolute Gasteiger partial charge is 0.455 e. The highest BCUT2D eigenvalue weighted by Gasteiger charge is 2.69. The third-order valence-corrected chi connectivity index (χ3v) is 29.8. The number of alkyl halides is 7. The van der Waals surface area contributed by atoms with E-state index < -0.39 is 88.3 Å². The summed E-state index contributed by atoms with van der Waals surface area (Å²) in [7, 11) is -5.99. The first-order chi connectivity index (χ1) is 24.4. The molecule has 0 N–H and O–H groups in total. The van der Waals surface area contributed by atoms with Crippen LogP contribution in [0.5, 0.6) is 0 Å². The number of amides is 1. The molecule has 1 amide bonds. The Hall–Kier alpha value is -0.0787. The number of hydrogen-bond acceptors (Lipinski definition) is 10. The van der Waals surface area contributed by atoms with Gasteiger partial charge in [0.15, 0.2) is 33.3 Å². The molecule has 0 aliphatic rings. The Kier molecular flexibility index (Phi) is 21.8. The van der Waals surface area contributed by atoms with Gasteiger partial charge in [0.2, 0.25) is 0 Å². The van der Waals surface area contributed by atoms with Crippen LogP contribution in [0.15, 0.2) is 0 Å². The van der Waals surface area contributed by atoms with Gasteiger partial charge in [0, 0.05) is 67.8 Å². The highest BCUT2D eigenvalue weighted by molar-refractivity contribution is 6.85. The topological polar surface area (TPSA) is 103 Å². The summed E-state index contributed by atoms with van der Waals surface area (Å²) in [5.41, 5.74) is 0. The second kappa shape index (κ2) is 21.8. The quantitative estimate of drug-likeness (QED) is 0.0560. The van der Waals surface area contributed by atoms with Crippen LogP contribution in [0.4, 0.5) is 30.7 Å². The third kappa shape index (κ3) is 18.7. The standard InChI is InChI=1S/C30H66F7NO10Si6/c1-40-53(41-2,42-3)25-17-23-51(11,12)47-49(7,8)21-15-19-38(27(39)28(31,29(32,33)34)46-30(35,36)37)20-16-22-50(9,10)48-52(13,14)24-18-26-54(43-4,44-5)45-6/h15-26H2,1-14H3. The Balaban J connectivity index is 5.88. The lowest BCUT2D eigenvalue weighted by atomic mass is 10.2. The first-order valence-corrected chi connectivity index (χ1v) is 34.2. The van der Waals surface area contributed by atoms with Crippen LogP contribution in [-0.2, 0) is 44.3 Å². The fraction of sp³-hybridized carbons (Fsp3) is 0.967. The molecule has 0 heterocycles. The molecule has 0 radical (unpaired) electrons. The molecule has 54 heavy (non-hydrogen) atoms. The van der Waals surface area contributed by atoms with Crippen LogP contribution in [0.2, 0.25) is 88.6 Å². The van der Waals surface area contributed by atoms with E-state index >= 15 is 4.39 Å². The highest BCUT2D eigenvalue weighted by atomic mass is 28.4. The number of rotatable bonds is 28. The maximum atomic E-state index is 15.2. The summed E-state index contributed by atoms with van der Waals surface area (Å²) >= 11 is 0. The normalized spacial score (nSPS) is 15.4. The van der Waals surface area contributed by atoms with Gasteiger partial charge >= 0.3 is 36.0 Å².